The highest BCUT2D eigenvalue weighted by Crippen LogP contribution is 2.50. The van der Waals surface area contributed by atoms with Crippen molar-refractivity contribution in [3.8, 4) is 11.1 Å². The second kappa shape index (κ2) is 8.60. The fraction of sp³-hybridized carbons (Fsp3) is 0.280. The zero-order valence-electron chi connectivity index (χ0n) is 18.3. The van der Waals surface area contributed by atoms with Crippen molar-refractivity contribution in [3.05, 3.63) is 89.0 Å². The van der Waals surface area contributed by atoms with Crippen molar-refractivity contribution in [1.82, 2.24) is 4.31 Å². The summed E-state index contributed by atoms with van der Waals surface area (Å²) in [5.41, 5.74) is 2.02. The maximum Gasteiger partial charge on any atom is 0.416 e. The molecule has 0 aromatic heterocycles. The summed E-state index contributed by atoms with van der Waals surface area (Å²) in [4.78, 5) is 0. The maximum atomic E-state index is 14.0. The Bertz CT molecular complexity index is 1320. The third-order valence-electron chi connectivity index (χ3n) is 6.68. The van der Waals surface area contributed by atoms with Crippen LogP contribution in [-0.4, -0.2) is 25.8 Å². The van der Waals surface area contributed by atoms with Gasteiger partial charge in [-0.15, -0.1) is 0 Å². The van der Waals surface area contributed by atoms with Gasteiger partial charge >= 0.3 is 16.4 Å². The number of fused-ring (bicyclic) bond motifs is 3. The Labute approximate surface area is 199 Å². The van der Waals surface area contributed by atoms with Gasteiger partial charge in [-0.25, -0.2) is 8.78 Å². The minimum Gasteiger partial charge on any atom is -0.271 e. The van der Waals surface area contributed by atoms with Gasteiger partial charge in [-0.3, -0.25) is 4.72 Å². The van der Waals surface area contributed by atoms with E-state index in [1.807, 2.05) is 0 Å². The summed E-state index contributed by atoms with van der Waals surface area (Å²) in [6.45, 7) is 0.417. The number of nitrogens with one attached hydrogen (secondary N) is 1. The lowest BCUT2D eigenvalue weighted by Crippen LogP contribution is -2.44. The third kappa shape index (κ3) is 4.52. The van der Waals surface area contributed by atoms with Crippen LogP contribution in [-0.2, 0) is 16.4 Å². The number of benzene rings is 3. The van der Waals surface area contributed by atoms with Gasteiger partial charge in [-0.2, -0.15) is 25.9 Å². The molecular weight excluding hydrogens is 487 g/mol. The SMILES string of the molecule is O=S(=O)(Nc1ccc(C(F)(F)F)cc1)N1CCCC(C2c3ccc(F)cc3-c3cc(F)ccc32)C1. The summed E-state index contributed by atoms with van der Waals surface area (Å²) in [6.07, 6.45) is -3.23. The molecule has 3 aromatic carbocycles. The standard InChI is InChI=1S/C25H21F5N2O2S/c26-17-5-9-20-22(12-17)23-13-18(27)6-10-21(23)24(20)15-2-1-11-32(14-15)35(33,34)31-19-7-3-16(4-8-19)25(28,29)30/h3-10,12-13,15,24,31H,1-2,11,14H2. The number of rotatable bonds is 4. The molecule has 1 fully saturated rings. The zero-order chi connectivity index (χ0) is 25.0. The Balaban J connectivity index is 1.40. The topological polar surface area (TPSA) is 49.4 Å². The van der Waals surface area contributed by atoms with E-state index in [1.165, 1.54) is 28.6 Å². The largest absolute Gasteiger partial charge is 0.416 e. The predicted molar refractivity (Wildman–Crippen MR) is 122 cm³/mol. The molecule has 1 atom stereocenters. The number of nitrogens with zero attached hydrogens (tertiary/aromatic N) is 1. The molecule has 0 spiro atoms. The second-order valence-electron chi connectivity index (χ2n) is 8.88. The lowest BCUT2D eigenvalue weighted by atomic mass is 9.80. The van der Waals surface area contributed by atoms with E-state index in [0.717, 1.165) is 35.4 Å². The molecule has 1 heterocycles. The van der Waals surface area contributed by atoms with Crippen LogP contribution in [0.1, 0.15) is 35.4 Å². The van der Waals surface area contributed by atoms with Gasteiger partial charge in [0, 0.05) is 24.7 Å². The highest BCUT2D eigenvalue weighted by molar-refractivity contribution is 7.90. The first-order chi connectivity index (χ1) is 16.5. The number of hydrogen-bond acceptors (Lipinski definition) is 2. The molecule has 0 amide bonds. The molecule has 3 aromatic rings. The lowest BCUT2D eigenvalue weighted by molar-refractivity contribution is -0.137. The molecule has 35 heavy (non-hydrogen) atoms. The molecule has 1 aliphatic carbocycles. The maximum absolute atomic E-state index is 14.0. The minimum atomic E-state index is -4.52. The van der Waals surface area contributed by atoms with E-state index in [2.05, 4.69) is 4.72 Å². The van der Waals surface area contributed by atoms with Crippen LogP contribution in [0.25, 0.3) is 11.1 Å². The van der Waals surface area contributed by atoms with Crippen LogP contribution in [0, 0.1) is 17.6 Å². The van der Waals surface area contributed by atoms with Gasteiger partial charge < -0.3 is 0 Å². The normalized spacial score (nSPS) is 18.8. The molecule has 5 rings (SSSR count). The summed E-state index contributed by atoms with van der Waals surface area (Å²) in [6, 6.07) is 12.6. The Morgan fingerprint density at radius 2 is 1.43 bits per heavy atom. The van der Waals surface area contributed by atoms with Gasteiger partial charge in [0.1, 0.15) is 11.6 Å². The highest BCUT2D eigenvalue weighted by atomic mass is 32.2. The van der Waals surface area contributed by atoms with Crippen molar-refractivity contribution < 1.29 is 30.4 Å². The first-order valence-corrected chi connectivity index (χ1v) is 12.5. The first-order valence-electron chi connectivity index (χ1n) is 11.1. The summed E-state index contributed by atoms with van der Waals surface area (Å²) in [5.74, 6) is -1.25. The zero-order valence-corrected chi connectivity index (χ0v) is 19.1. The average molecular weight is 509 g/mol. The van der Waals surface area contributed by atoms with E-state index in [-0.39, 0.29) is 30.6 Å². The van der Waals surface area contributed by atoms with E-state index >= 15 is 0 Å². The molecule has 0 radical (unpaired) electrons. The summed E-state index contributed by atoms with van der Waals surface area (Å²) in [7, 11) is -4.03. The number of halogens is 5. The Morgan fingerprint density at radius 1 is 0.857 bits per heavy atom. The van der Waals surface area contributed by atoms with Crippen molar-refractivity contribution in [3.63, 3.8) is 0 Å². The molecule has 1 N–H and O–H groups in total. The smallest absolute Gasteiger partial charge is 0.271 e. The first kappa shape index (κ1) is 23.7. The Morgan fingerprint density at radius 3 is 1.97 bits per heavy atom. The summed E-state index contributed by atoms with van der Waals surface area (Å²) in [5, 5.41) is 0. The number of piperidine rings is 1. The van der Waals surface area contributed by atoms with Gasteiger partial charge in [-0.1, -0.05) is 12.1 Å². The van der Waals surface area contributed by atoms with Crippen LogP contribution in [0.15, 0.2) is 60.7 Å². The number of alkyl halides is 3. The molecule has 0 saturated carbocycles. The quantitative estimate of drug-likeness (QED) is 0.429. The van der Waals surface area contributed by atoms with Crippen molar-refractivity contribution in [2.75, 3.05) is 17.8 Å². The molecule has 10 heteroatoms. The van der Waals surface area contributed by atoms with Crippen molar-refractivity contribution in [1.29, 1.82) is 0 Å². The monoisotopic (exact) mass is 508 g/mol. The minimum absolute atomic E-state index is 0.0302. The van der Waals surface area contributed by atoms with Crippen molar-refractivity contribution >= 4 is 15.9 Å². The predicted octanol–water partition coefficient (Wildman–Crippen LogP) is 6.16. The molecular formula is C25H21F5N2O2S. The molecule has 2 aliphatic rings. The third-order valence-corrected chi connectivity index (χ3v) is 8.19. The summed E-state index contributed by atoms with van der Waals surface area (Å²) >= 11 is 0. The summed E-state index contributed by atoms with van der Waals surface area (Å²) < 4.78 is 96.2. The Hall–Kier alpha value is -2.98. The van der Waals surface area contributed by atoms with Crippen LogP contribution in [0.5, 0.6) is 0 Å². The fourth-order valence-electron chi connectivity index (χ4n) is 5.15. The van der Waals surface area contributed by atoms with E-state index in [0.29, 0.717) is 24.0 Å². The van der Waals surface area contributed by atoms with Gasteiger partial charge in [0.05, 0.1) is 5.56 Å². The molecule has 4 nitrogen and oxygen atoms in total. The van der Waals surface area contributed by atoms with Crippen LogP contribution >= 0.6 is 0 Å². The van der Waals surface area contributed by atoms with E-state index < -0.39 is 33.6 Å². The van der Waals surface area contributed by atoms with E-state index in [4.69, 9.17) is 0 Å². The van der Waals surface area contributed by atoms with Gasteiger partial charge in [-0.05, 0) is 89.5 Å². The molecule has 1 unspecified atom stereocenters. The van der Waals surface area contributed by atoms with Crippen LogP contribution < -0.4 is 4.72 Å². The van der Waals surface area contributed by atoms with E-state index in [1.54, 1.807) is 12.1 Å². The molecule has 1 aliphatic heterocycles. The van der Waals surface area contributed by atoms with Gasteiger partial charge in [0.15, 0.2) is 0 Å². The van der Waals surface area contributed by atoms with Gasteiger partial charge in [0.25, 0.3) is 0 Å². The molecule has 0 bridgehead atoms. The van der Waals surface area contributed by atoms with Crippen LogP contribution in [0.4, 0.5) is 27.6 Å². The van der Waals surface area contributed by atoms with Crippen molar-refractivity contribution in [2.45, 2.75) is 24.9 Å². The highest BCUT2D eigenvalue weighted by Gasteiger charge is 2.39. The van der Waals surface area contributed by atoms with E-state index in [9.17, 15) is 30.4 Å². The van der Waals surface area contributed by atoms with Crippen molar-refractivity contribution in [2.24, 2.45) is 5.92 Å². The van der Waals surface area contributed by atoms with Gasteiger partial charge in [0.2, 0.25) is 0 Å². The lowest BCUT2D eigenvalue weighted by Gasteiger charge is -2.35. The van der Waals surface area contributed by atoms with Crippen LogP contribution in [0.2, 0.25) is 0 Å². The molecule has 184 valence electrons. The molecule has 1 saturated heterocycles. The number of anilines is 1. The van der Waals surface area contributed by atoms with Crippen LogP contribution in [0.3, 0.4) is 0 Å². The Kier molecular flexibility index (Phi) is 5.83. The average Bonchev–Trinajstić information content (AvgIpc) is 3.11. The fourth-order valence-corrected chi connectivity index (χ4v) is 6.47. The number of hydrogen-bond donors (Lipinski definition) is 1. The second-order valence-corrected chi connectivity index (χ2v) is 10.6.